The Hall–Kier alpha value is -2.34. The molecule has 0 radical (unpaired) electrons. The van der Waals surface area contributed by atoms with E-state index in [1.165, 1.54) is 0 Å². The van der Waals surface area contributed by atoms with E-state index < -0.39 is 0 Å². The third kappa shape index (κ3) is 3.76. The van der Waals surface area contributed by atoms with Gasteiger partial charge in [-0.1, -0.05) is 23.7 Å². The predicted octanol–water partition coefficient (Wildman–Crippen LogP) is 2.47. The molecule has 2 aromatic rings. The van der Waals surface area contributed by atoms with Crippen LogP contribution in [-0.2, 0) is 11.8 Å². The molecule has 126 valence electrons. The average molecular weight is 346 g/mol. The summed E-state index contributed by atoms with van der Waals surface area (Å²) in [7, 11) is 1.78. The number of amides is 1. The number of rotatable bonds is 3. The zero-order chi connectivity index (χ0) is 17.1. The van der Waals surface area contributed by atoms with Crippen molar-refractivity contribution in [3.05, 3.63) is 46.8 Å². The Kier molecular flexibility index (Phi) is 4.85. The van der Waals surface area contributed by atoms with Gasteiger partial charge in [0.05, 0.1) is 0 Å². The maximum absolute atomic E-state index is 12.3. The van der Waals surface area contributed by atoms with Gasteiger partial charge in [-0.05, 0) is 36.6 Å². The number of nitrogen functional groups attached to an aromatic ring is 1. The number of halogens is 1. The van der Waals surface area contributed by atoms with Crippen molar-refractivity contribution in [2.24, 2.45) is 7.05 Å². The second kappa shape index (κ2) is 7.05. The number of likely N-dealkylation sites (tertiary alicyclic amines) is 1. The number of hydrogen-bond acceptors (Lipinski definition) is 4. The third-order valence-electron chi connectivity index (χ3n) is 4.27. The molecule has 2 N–H and O–H groups in total. The molecule has 6 nitrogen and oxygen atoms in total. The predicted molar refractivity (Wildman–Crippen MR) is 94.5 cm³/mol. The molecule has 7 heteroatoms. The molecule has 24 heavy (non-hydrogen) atoms. The second-order valence-electron chi connectivity index (χ2n) is 5.94. The Morgan fingerprint density at radius 2 is 1.96 bits per heavy atom. The molecule has 1 aliphatic heterocycles. The summed E-state index contributed by atoms with van der Waals surface area (Å²) in [6, 6.07) is 7.39. The van der Waals surface area contributed by atoms with E-state index in [0.29, 0.717) is 24.1 Å². The Balaban J connectivity index is 1.56. The van der Waals surface area contributed by atoms with Crippen LogP contribution in [0.5, 0.6) is 0 Å². The Labute approximate surface area is 145 Å². The largest absolute Gasteiger partial charge is 0.368 e. The van der Waals surface area contributed by atoms with Gasteiger partial charge in [0, 0.05) is 37.2 Å². The summed E-state index contributed by atoms with van der Waals surface area (Å²) in [4.78, 5) is 18.4. The number of piperidine rings is 1. The van der Waals surface area contributed by atoms with Crippen molar-refractivity contribution in [2.45, 2.75) is 18.8 Å². The molecule has 1 fully saturated rings. The first-order chi connectivity index (χ1) is 11.5. The fourth-order valence-electron chi connectivity index (χ4n) is 2.79. The fraction of sp³-hybridized carbons (Fsp3) is 0.353. The summed E-state index contributed by atoms with van der Waals surface area (Å²) in [6.45, 7) is 1.40. The third-order valence-corrected chi connectivity index (χ3v) is 4.53. The monoisotopic (exact) mass is 345 g/mol. The smallest absolute Gasteiger partial charge is 0.246 e. The summed E-state index contributed by atoms with van der Waals surface area (Å²) in [5.74, 6) is 1.49. The number of nitrogens with two attached hydrogens (primary N) is 1. The van der Waals surface area contributed by atoms with E-state index in [9.17, 15) is 4.79 Å². The van der Waals surface area contributed by atoms with E-state index >= 15 is 0 Å². The molecular weight excluding hydrogens is 326 g/mol. The molecule has 0 unspecified atom stereocenters. The fourth-order valence-corrected chi connectivity index (χ4v) is 2.92. The highest BCUT2D eigenvalue weighted by Gasteiger charge is 2.25. The molecule has 2 heterocycles. The quantitative estimate of drug-likeness (QED) is 0.867. The maximum atomic E-state index is 12.3. The van der Waals surface area contributed by atoms with Crippen LogP contribution in [0.4, 0.5) is 5.95 Å². The average Bonchev–Trinajstić information content (AvgIpc) is 2.93. The molecule has 0 saturated carbocycles. The van der Waals surface area contributed by atoms with E-state index in [2.05, 4.69) is 10.1 Å². The molecular formula is C17H20ClN5O. The van der Waals surface area contributed by atoms with Crippen LogP contribution < -0.4 is 5.73 Å². The van der Waals surface area contributed by atoms with Gasteiger partial charge in [0.2, 0.25) is 11.9 Å². The van der Waals surface area contributed by atoms with Gasteiger partial charge in [0.15, 0.2) is 5.82 Å². The molecule has 1 saturated heterocycles. The molecule has 0 spiro atoms. The number of aromatic nitrogens is 3. The minimum absolute atomic E-state index is 0.0249. The number of benzene rings is 1. The number of nitrogens with zero attached hydrogens (tertiary/aromatic N) is 4. The van der Waals surface area contributed by atoms with Crippen LogP contribution in [0.1, 0.15) is 30.1 Å². The molecule has 1 aromatic heterocycles. The van der Waals surface area contributed by atoms with Gasteiger partial charge >= 0.3 is 0 Å². The molecule has 0 aliphatic carbocycles. The summed E-state index contributed by atoms with van der Waals surface area (Å²) in [5, 5.41) is 5.02. The molecule has 3 rings (SSSR count). The van der Waals surface area contributed by atoms with Gasteiger partial charge in [0.25, 0.3) is 0 Å². The van der Waals surface area contributed by atoms with Gasteiger partial charge in [-0.2, -0.15) is 10.1 Å². The SMILES string of the molecule is Cn1nc(C2CCN(C(=O)C=Cc3ccc(Cl)cc3)CC2)nc1N. The standard InChI is InChI=1S/C17H20ClN5O/c1-22-17(19)20-16(21-22)13-8-10-23(11-9-13)15(24)7-4-12-2-5-14(18)6-3-12/h2-7,13H,8-11H2,1H3,(H2,19,20,21). The first kappa shape index (κ1) is 16.5. The van der Waals surface area contributed by atoms with Crippen molar-refractivity contribution < 1.29 is 4.79 Å². The number of hydrogen-bond donors (Lipinski definition) is 1. The van der Waals surface area contributed by atoms with Crippen molar-refractivity contribution in [1.29, 1.82) is 0 Å². The summed E-state index contributed by atoms with van der Waals surface area (Å²) >= 11 is 5.85. The summed E-state index contributed by atoms with van der Waals surface area (Å²) in [6.07, 6.45) is 5.13. The molecule has 0 atom stereocenters. The van der Waals surface area contributed by atoms with E-state index in [4.69, 9.17) is 17.3 Å². The zero-order valence-corrected chi connectivity index (χ0v) is 14.3. The topological polar surface area (TPSA) is 77.0 Å². The highest BCUT2D eigenvalue weighted by atomic mass is 35.5. The van der Waals surface area contributed by atoms with Gasteiger partial charge in [-0.3, -0.25) is 4.79 Å². The lowest BCUT2D eigenvalue weighted by Gasteiger charge is -2.30. The van der Waals surface area contributed by atoms with E-state index in [1.807, 2.05) is 35.2 Å². The lowest BCUT2D eigenvalue weighted by atomic mass is 9.96. The van der Waals surface area contributed by atoms with Crippen molar-refractivity contribution in [3.63, 3.8) is 0 Å². The second-order valence-corrected chi connectivity index (χ2v) is 6.37. The normalized spacial score (nSPS) is 16.0. The Morgan fingerprint density at radius 3 is 2.54 bits per heavy atom. The molecule has 1 aromatic carbocycles. The van der Waals surface area contributed by atoms with Gasteiger partial charge in [-0.15, -0.1) is 0 Å². The van der Waals surface area contributed by atoms with Crippen molar-refractivity contribution in [1.82, 2.24) is 19.7 Å². The first-order valence-electron chi connectivity index (χ1n) is 7.92. The van der Waals surface area contributed by atoms with Gasteiger partial charge < -0.3 is 10.6 Å². The van der Waals surface area contributed by atoms with Crippen molar-refractivity contribution >= 4 is 29.5 Å². The van der Waals surface area contributed by atoms with Crippen molar-refractivity contribution in [3.8, 4) is 0 Å². The van der Waals surface area contributed by atoms with E-state index in [1.54, 1.807) is 17.8 Å². The number of anilines is 1. The zero-order valence-electron chi connectivity index (χ0n) is 13.5. The minimum atomic E-state index is 0.0249. The Morgan fingerprint density at radius 1 is 1.29 bits per heavy atom. The highest BCUT2D eigenvalue weighted by molar-refractivity contribution is 6.30. The van der Waals surface area contributed by atoms with Crippen LogP contribution >= 0.6 is 11.6 Å². The maximum Gasteiger partial charge on any atom is 0.246 e. The van der Waals surface area contributed by atoms with Crippen LogP contribution in [0.15, 0.2) is 30.3 Å². The van der Waals surface area contributed by atoms with Crippen LogP contribution in [-0.4, -0.2) is 38.7 Å². The molecule has 1 aliphatic rings. The van der Waals surface area contributed by atoms with Crippen molar-refractivity contribution in [2.75, 3.05) is 18.8 Å². The summed E-state index contributed by atoms with van der Waals surface area (Å²) < 4.78 is 1.59. The van der Waals surface area contributed by atoms with E-state index in [-0.39, 0.29) is 11.8 Å². The Bertz CT molecular complexity index is 725. The first-order valence-corrected chi connectivity index (χ1v) is 8.29. The minimum Gasteiger partial charge on any atom is -0.368 e. The number of carbonyl (C=O) groups is 1. The van der Waals surface area contributed by atoms with E-state index in [0.717, 1.165) is 24.2 Å². The molecule has 0 bridgehead atoms. The van der Waals surface area contributed by atoms with Crippen LogP contribution in [0.3, 0.4) is 0 Å². The van der Waals surface area contributed by atoms with Crippen LogP contribution in [0, 0.1) is 0 Å². The summed E-state index contributed by atoms with van der Waals surface area (Å²) in [5.41, 5.74) is 6.69. The number of carbonyl (C=O) groups excluding carboxylic acids is 1. The lowest BCUT2D eigenvalue weighted by molar-refractivity contribution is -0.127. The van der Waals surface area contributed by atoms with Gasteiger partial charge in [0.1, 0.15) is 0 Å². The number of aryl methyl sites for hydroxylation is 1. The molecule has 1 amide bonds. The van der Waals surface area contributed by atoms with Gasteiger partial charge in [-0.25, -0.2) is 4.68 Å². The van der Waals surface area contributed by atoms with Crippen LogP contribution in [0.25, 0.3) is 6.08 Å². The van der Waals surface area contributed by atoms with Crippen LogP contribution in [0.2, 0.25) is 5.02 Å². The lowest BCUT2D eigenvalue weighted by Crippen LogP contribution is -2.37. The highest BCUT2D eigenvalue weighted by Crippen LogP contribution is 2.26.